The molecule has 184 valence electrons. The topological polar surface area (TPSA) is 49.4 Å². The first-order valence-electron chi connectivity index (χ1n) is 12.0. The summed E-state index contributed by atoms with van der Waals surface area (Å²) < 4.78 is 0. The van der Waals surface area contributed by atoms with Crippen LogP contribution in [0.3, 0.4) is 0 Å². The Morgan fingerprint density at radius 1 is 0.886 bits per heavy atom. The van der Waals surface area contributed by atoms with Gasteiger partial charge in [0.05, 0.1) is 5.75 Å². The molecule has 0 saturated carbocycles. The number of hydrogen-bond acceptors (Lipinski definition) is 3. The van der Waals surface area contributed by atoms with E-state index in [1.807, 2.05) is 86.6 Å². The summed E-state index contributed by atoms with van der Waals surface area (Å²) >= 11 is 7.65. The van der Waals surface area contributed by atoms with Crippen LogP contribution in [0.4, 0.5) is 0 Å². The Balaban J connectivity index is 1.85. The average molecular weight is 509 g/mol. The predicted octanol–water partition coefficient (Wildman–Crippen LogP) is 6.13. The second-order valence-electron chi connectivity index (χ2n) is 8.65. The molecule has 0 aliphatic rings. The molecule has 0 aliphatic heterocycles. The second kappa shape index (κ2) is 14.0. The van der Waals surface area contributed by atoms with Crippen molar-refractivity contribution in [3.63, 3.8) is 0 Å². The van der Waals surface area contributed by atoms with Gasteiger partial charge >= 0.3 is 0 Å². The fourth-order valence-corrected chi connectivity index (χ4v) is 4.69. The molecule has 0 radical (unpaired) electrons. The molecule has 2 atom stereocenters. The lowest BCUT2D eigenvalue weighted by atomic mass is 10.0. The molecule has 6 heteroatoms. The van der Waals surface area contributed by atoms with Gasteiger partial charge in [0.25, 0.3) is 0 Å². The fourth-order valence-electron chi connectivity index (χ4n) is 3.69. The number of carbonyl (C=O) groups excluding carboxylic acids is 2. The van der Waals surface area contributed by atoms with E-state index in [2.05, 4.69) is 17.4 Å². The standard InChI is InChI=1S/C29H33ClN2O2S/c1-3-22(2)31-29(34)27(18-23-10-6-4-7-11-23)32(19-24-14-16-26(30)17-15-24)28(33)21-35-20-25-12-8-5-9-13-25/h4-17,22,27H,3,18-21H2,1-2H3,(H,31,34). The lowest BCUT2D eigenvalue weighted by Gasteiger charge is -2.32. The van der Waals surface area contributed by atoms with Gasteiger partial charge < -0.3 is 10.2 Å². The molecule has 0 saturated heterocycles. The maximum Gasteiger partial charge on any atom is 0.243 e. The number of halogens is 1. The molecule has 3 aromatic carbocycles. The molecule has 35 heavy (non-hydrogen) atoms. The van der Waals surface area contributed by atoms with Crippen molar-refractivity contribution >= 4 is 35.2 Å². The third kappa shape index (κ3) is 8.75. The van der Waals surface area contributed by atoms with Crippen LogP contribution < -0.4 is 5.32 Å². The molecule has 2 amide bonds. The number of carbonyl (C=O) groups is 2. The fraction of sp³-hybridized carbons (Fsp3) is 0.310. The molecule has 0 fully saturated rings. The van der Waals surface area contributed by atoms with Crippen molar-refractivity contribution < 1.29 is 9.59 Å². The van der Waals surface area contributed by atoms with Crippen molar-refractivity contribution in [3.8, 4) is 0 Å². The van der Waals surface area contributed by atoms with Crippen molar-refractivity contribution in [1.82, 2.24) is 10.2 Å². The third-order valence-corrected chi connectivity index (χ3v) is 7.12. The zero-order valence-corrected chi connectivity index (χ0v) is 21.9. The summed E-state index contributed by atoms with van der Waals surface area (Å²) in [6, 6.07) is 26.8. The Morgan fingerprint density at radius 3 is 2.09 bits per heavy atom. The number of thioether (sulfide) groups is 1. The van der Waals surface area contributed by atoms with E-state index in [0.717, 1.165) is 23.3 Å². The highest BCUT2D eigenvalue weighted by molar-refractivity contribution is 7.99. The number of hydrogen-bond donors (Lipinski definition) is 1. The molecule has 0 bridgehead atoms. The van der Waals surface area contributed by atoms with Crippen LogP contribution >= 0.6 is 23.4 Å². The van der Waals surface area contributed by atoms with Crippen LogP contribution in [0.5, 0.6) is 0 Å². The Kier molecular flexibility index (Phi) is 10.7. The van der Waals surface area contributed by atoms with Crippen molar-refractivity contribution in [3.05, 3.63) is 107 Å². The minimum Gasteiger partial charge on any atom is -0.352 e. The Labute approximate surface area is 218 Å². The van der Waals surface area contributed by atoms with E-state index in [1.165, 1.54) is 5.56 Å². The molecule has 0 aliphatic carbocycles. The monoisotopic (exact) mass is 508 g/mol. The Hall–Kier alpha value is -2.76. The summed E-state index contributed by atoms with van der Waals surface area (Å²) in [6.07, 6.45) is 1.27. The Bertz CT molecular complexity index is 1060. The lowest BCUT2D eigenvalue weighted by Crippen LogP contribution is -2.52. The highest BCUT2D eigenvalue weighted by Crippen LogP contribution is 2.19. The second-order valence-corrected chi connectivity index (χ2v) is 10.1. The van der Waals surface area contributed by atoms with E-state index in [-0.39, 0.29) is 17.9 Å². The minimum absolute atomic E-state index is 0.0284. The molecular weight excluding hydrogens is 476 g/mol. The van der Waals surface area contributed by atoms with Gasteiger partial charge in [-0.1, -0.05) is 91.3 Å². The largest absolute Gasteiger partial charge is 0.352 e. The van der Waals surface area contributed by atoms with Crippen LogP contribution in [0, 0.1) is 0 Å². The molecule has 2 unspecified atom stereocenters. The van der Waals surface area contributed by atoms with Crippen molar-refractivity contribution in [2.24, 2.45) is 0 Å². The van der Waals surface area contributed by atoms with Gasteiger partial charge in [0, 0.05) is 29.8 Å². The lowest BCUT2D eigenvalue weighted by molar-refractivity contribution is -0.139. The number of rotatable bonds is 12. The van der Waals surface area contributed by atoms with Crippen LogP contribution in [-0.2, 0) is 28.3 Å². The molecule has 1 N–H and O–H groups in total. The van der Waals surface area contributed by atoms with Crippen LogP contribution in [0.2, 0.25) is 5.02 Å². The first-order chi connectivity index (χ1) is 17.0. The summed E-state index contributed by atoms with van der Waals surface area (Å²) in [4.78, 5) is 28.8. The number of nitrogens with one attached hydrogen (secondary N) is 1. The summed E-state index contributed by atoms with van der Waals surface area (Å²) in [5.74, 6) is 0.855. The quantitative estimate of drug-likeness (QED) is 0.320. The van der Waals surface area contributed by atoms with Gasteiger partial charge in [0.1, 0.15) is 6.04 Å². The van der Waals surface area contributed by atoms with Crippen LogP contribution in [0.25, 0.3) is 0 Å². The maximum absolute atomic E-state index is 13.6. The molecule has 3 rings (SSSR count). The molecule has 0 aromatic heterocycles. The molecule has 3 aromatic rings. The van der Waals surface area contributed by atoms with E-state index in [0.29, 0.717) is 23.7 Å². The van der Waals surface area contributed by atoms with Gasteiger partial charge in [-0.25, -0.2) is 0 Å². The van der Waals surface area contributed by atoms with Gasteiger partial charge in [0.15, 0.2) is 0 Å². The molecule has 4 nitrogen and oxygen atoms in total. The van der Waals surface area contributed by atoms with Gasteiger partial charge in [-0.2, -0.15) is 0 Å². The van der Waals surface area contributed by atoms with Crippen LogP contribution in [0.15, 0.2) is 84.9 Å². The first-order valence-corrected chi connectivity index (χ1v) is 13.5. The van der Waals surface area contributed by atoms with E-state index in [4.69, 9.17) is 11.6 Å². The molecule has 0 heterocycles. The first kappa shape index (κ1) is 26.8. The summed E-state index contributed by atoms with van der Waals surface area (Å²) in [6.45, 7) is 4.36. The highest BCUT2D eigenvalue weighted by Gasteiger charge is 2.30. The van der Waals surface area contributed by atoms with E-state index in [1.54, 1.807) is 16.7 Å². The summed E-state index contributed by atoms with van der Waals surface area (Å²) in [5, 5.41) is 3.74. The maximum atomic E-state index is 13.6. The predicted molar refractivity (Wildman–Crippen MR) is 146 cm³/mol. The molecular formula is C29H33ClN2O2S. The normalized spacial score (nSPS) is 12.5. The smallest absolute Gasteiger partial charge is 0.243 e. The van der Waals surface area contributed by atoms with Gasteiger partial charge in [0.2, 0.25) is 11.8 Å². The summed E-state index contributed by atoms with van der Waals surface area (Å²) in [7, 11) is 0. The van der Waals surface area contributed by atoms with E-state index in [9.17, 15) is 9.59 Å². The van der Waals surface area contributed by atoms with Gasteiger partial charge in [-0.3, -0.25) is 9.59 Å². The van der Waals surface area contributed by atoms with Crippen molar-refractivity contribution in [2.45, 2.75) is 51.1 Å². The minimum atomic E-state index is -0.619. The zero-order chi connectivity index (χ0) is 25.0. The SMILES string of the molecule is CCC(C)NC(=O)C(Cc1ccccc1)N(Cc1ccc(Cl)cc1)C(=O)CSCc1ccccc1. The van der Waals surface area contributed by atoms with Crippen molar-refractivity contribution in [2.75, 3.05) is 5.75 Å². The average Bonchev–Trinajstić information content (AvgIpc) is 2.88. The van der Waals surface area contributed by atoms with Crippen LogP contribution in [-0.4, -0.2) is 34.6 Å². The number of benzene rings is 3. The van der Waals surface area contributed by atoms with Gasteiger partial charge in [-0.15, -0.1) is 11.8 Å². The van der Waals surface area contributed by atoms with Crippen LogP contribution in [0.1, 0.15) is 37.0 Å². The summed E-state index contributed by atoms with van der Waals surface area (Å²) in [5.41, 5.74) is 3.12. The Morgan fingerprint density at radius 2 is 1.49 bits per heavy atom. The number of nitrogens with zero attached hydrogens (tertiary/aromatic N) is 1. The number of amides is 2. The third-order valence-electron chi connectivity index (χ3n) is 5.88. The van der Waals surface area contributed by atoms with E-state index < -0.39 is 6.04 Å². The highest BCUT2D eigenvalue weighted by atomic mass is 35.5. The molecule has 0 spiro atoms. The zero-order valence-electron chi connectivity index (χ0n) is 20.3. The van der Waals surface area contributed by atoms with Crippen molar-refractivity contribution in [1.29, 1.82) is 0 Å². The van der Waals surface area contributed by atoms with Gasteiger partial charge in [-0.05, 0) is 42.2 Å². The van der Waals surface area contributed by atoms with E-state index >= 15 is 0 Å².